The van der Waals surface area contributed by atoms with Crippen molar-refractivity contribution in [3.05, 3.63) is 277 Å². The van der Waals surface area contributed by atoms with Gasteiger partial charge in [-0.1, -0.05) is 206 Å². The molecule has 318 valence electrons. The first-order valence-electron chi connectivity index (χ1n) is 23.4. The van der Waals surface area contributed by atoms with Crippen LogP contribution in [0.2, 0.25) is 0 Å². The summed E-state index contributed by atoms with van der Waals surface area (Å²) in [5.41, 5.74) is 18.3. The quantitative estimate of drug-likeness (QED) is 0.159. The Bertz CT molecular complexity index is 3880. The van der Waals surface area contributed by atoms with Crippen LogP contribution in [0.25, 0.3) is 71.6 Å². The molecule has 0 spiro atoms. The van der Waals surface area contributed by atoms with Gasteiger partial charge in [0.25, 0.3) is 0 Å². The molecule has 68 heavy (non-hydrogen) atoms. The Morgan fingerprint density at radius 3 is 1.63 bits per heavy atom. The predicted molar refractivity (Wildman–Crippen MR) is 281 cm³/mol. The Balaban J connectivity index is 0.984. The second-order valence-electron chi connectivity index (χ2n) is 17.9. The van der Waals surface area contributed by atoms with Crippen LogP contribution in [0.1, 0.15) is 22.3 Å². The summed E-state index contributed by atoms with van der Waals surface area (Å²) in [6, 6.07) is 93.1. The van der Waals surface area contributed by atoms with E-state index in [1.165, 1.54) is 77.1 Å². The summed E-state index contributed by atoms with van der Waals surface area (Å²) in [6.07, 6.45) is 0. The third kappa shape index (κ3) is 5.54. The van der Waals surface area contributed by atoms with Gasteiger partial charge in [0.05, 0.1) is 27.8 Å². The van der Waals surface area contributed by atoms with Crippen molar-refractivity contribution in [2.24, 2.45) is 0 Å². The maximum atomic E-state index is 6.49. The van der Waals surface area contributed by atoms with Gasteiger partial charge in [-0.2, -0.15) is 0 Å². The smallest absolute Gasteiger partial charge is 0.152 e. The maximum Gasteiger partial charge on any atom is 0.152 e. The van der Waals surface area contributed by atoms with Crippen molar-refractivity contribution >= 4 is 49.6 Å². The van der Waals surface area contributed by atoms with Crippen molar-refractivity contribution in [2.75, 3.05) is 4.90 Å². The van der Waals surface area contributed by atoms with E-state index in [0.29, 0.717) is 0 Å². The number of nitrogens with zero attached hydrogens (tertiary/aromatic N) is 2. The number of benzene rings is 11. The molecule has 1 aromatic heterocycles. The lowest BCUT2D eigenvalue weighted by Crippen LogP contribution is -2.28. The van der Waals surface area contributed by atoms with E-state index in [-0.39, 0.29) is 0 Å². The third-order valence-electron chi connectivity index (χ3n) is 14.5. The van der Waals surface area contributed by atoms with Gasteiger partial charge in [0.15, 0.2) is 11.5 Å². The van der Waals surface area contributed by atoms with Crippen LogP contribution in [0.5, 0.6) is 11.5 Å². The Morgan fingerprint density at radius 1 is 0.353 bits per heavy atom. The number of anilines is 3. The molecule has 0 atom stereocenters. The zero-order chi connectivity index (χ0) is 44.8. The molecule has 11 aromatic carbocycles. The van der Waals surface area contributed by atoms with Crippen LogP contribution in [-0.4, -0.2) is 4.57 Å². The van der Waals surface area contributed by atoms with Crippen LogP contribution >= 0.6 is 0 Å². The van der Waals surface area contributed by atoms with Crippen molar-refractivity contribution in [1.29, 1.82) is 0 Å². The fraction of sp³-hybridized carbons (Fsp3) is 0.0154. The molecule has 3 nitrogen and oxygen atoms in total. The predicted octanol–water partition coefficient (Wildman–Crippen LogP) is 17.2. The zero-order valence-corrected chi connectivity index (χ0v) is 37.1. The van der Waals surface area contributed by atoms with E-state index in [1.807, 2.05) is 6.07 Å². The van der Waals surface area contributed by atoms with E-state index in [4.69, 9.17) is 4.74 Å². The summed E-state index contributed by atoms with van der Waals surface area (Å²) < 4.78 is 8.90. The fourth-order valence-electron chi connectivity index (χ4n) is 11.6. The molecule has 3 heteroatoms. The van der Waals surface area contributed by atoms with Gasteiger partial charge in [-0.05, 0) is 104 Å². The second kappa shape index (κ2) is 15.1. The van der Waals surface area contributed by atoms with E-state index in [2.05, 4.69) is 258 Å². The molecular formula is C65H42N2O. The number of aromatic nitrogens is 1. The van der Waals surface area contributed by atoms with Crippen LogP contribution in [0.3, 0.4) is 0 Å². The lowest BCUT2D eigenvalue weighted by Gasteiger charge is -2.34. The normalized spacial score (nSPS) is 12.9. The molecule has 0 unspecified atom stereocenters. The van der Waals surface area contributed by atoms with E-state index in [0.717, 1.165) is 45.3 Å². The van der Waals surface area contributed by atoms with Crippen LogP contribution < -0.4 is 9.64 Å². The highest BCUT2D eigenvalue weighted by Crippen LogP contribution is 2.59. The largest absolute Gasteiger partial charge is 0.453 e. The molecule has 2 aliphatic rings. The first-order valence-corrected chi connectivity index (χ1v) is 23.4. The molecule has 0 radical (unpaired) electrons. The molecular weight excluding hydrogens is 825 g/mol. The van der Waals surface area contributed by atoms with E-state index in [9.17, 15) is 0 Å². The Morgan fingerprint density at radius 2 is 0.868 bits per heavy atom. The van der Waals surface area contributed by atoms with E-state index in [1.54, 1.807) is 0 Å². The highest BCUT2D eigenvalue weighted by molar-refractivity contribution is 6.16. The average molecular weight is 867 g/mol. The highest BCUT2D eigenvalue weighted by Gasteiger charge is 2.47. The Hall–Kier alpha value is -8.92. The van der Waals surface area contributed by atoms with E-state index < -0.39 is 5.41 Å². The molecule has 12 aromatic rings. The van der Waals surface area contributed by atoms with Crippen LogP contribution in [0.15, 0.2) is 255 Å². The van der Waals surface area contributed by atoms with Crippen LogP contribution in [-0.2, 0) is 5.41 Å². The summed E-state index contributed by atoms with van der Waals surface area (Å²) in [6.45, 7) is 0. The van der Waals surface area contributed by atoms with Gasteiger partial charge in [0.2, 0.25) is 0 Å². The minimum atomic E-state index is -0.526. The molecule has 0 amide bonds. The second-order valence-corrected chi connectivity index (χ2v) is 17.9. The molecule has 2 heterocycles. The van der Waals surface area contributed by atoms with Gasteiger partial charge < -0.3 is 14.2 Å². The first kappa shape index (κ1) is 38.4. The van der Waals surface area contributed by atoms with E-state index >= 15 is 0 Å². The van der Waals surface area contributed by atoms with Gasteiger partial charge in [-0.15, -0.1) is 0 Å². The van der Waals surface area contributed by atoms with Crippen LogP contribution in [0.4, 0.5) is 17.1 Å². The molecule has 0 bridgehead atoms. The number of rotatable bonds is 7. The van der Waals surface area contributed by atoms with Gasteiger partial charge in [-0.25, -0.2) is 0 Å². The Kier molecular flexibility index (Phi) is 8.50. The van der Waals surface area contributed by atoms with Gasteiger partial charge in [-0.3, -0.25) is 0 Å². The molecule has 1 aliphatic heterocycles. The first-order chi connectivity index (χ1) is 33.8. The molecule has 0 fully saturated rings. The van der Waals surface area contributed by atoms with Gasteiger partial charge >= 0.3 is 0 Å². The number of para-hydroxylation sites is 4. The summed E-state index contributed by atoms with van der Waals surface area (Å²) in [4.78, 5) is 2.47. The standard InChI is InChI=1S/C65H42N2O/c1-3-19-46(20-4-1)65(47-21-5-2-6-22-47)56-29-10-9-24-55(56)62-57(65)30-16-32-59(62)66(48-39-35-44(36-40-48)51-25-13-18-43-17-7-8-23-50(43)51)49-41-37-45(38-42-49)52-26-14-27-53-54-28-15-34-61-64(54)67(63(52)53)58-31-11-12-33-60(58)68-61/h1-42H. The number of fused-ring (bicyclic) bond motifs is 9. The van der Waals surface area contributed by atoms with Gasteiger partial charge in [0, 0.05) is 33.3 Å². The Labute approximate surface area is 395 Å². The third-order valence-corrected chi connectivity index (χ3v) is 14.5. The summed E-state index contributed by atoms with van der Waals surface area (Å²) in [7, 11) is 0. The maximum absolute atomic E-state index is 6.49. The van der Waals surface area contributed by atoms with Crippen molar-refractivity contribution in [1.82, 2.24) is 4.57 Å². The lowest BCUT2D eigenvalue weighted by atomic mass is 9.68. The topological polar surface area (TPSA) is 17.4 Å². The minimum Gasteiger partial charge on any atom is -0.453 e. The molecule has 0 N–H and O–H groups in total. The molecule has 0 saturated heterocycles. The fourth-order valence-corrected chi connectivity index (χ4v) is 11.6. The van der Waals surface area contributed by atoms with Crippen LogP contribution in [0, 0.1) is 0 Å². The number of hydrogen-bond donors (Lipinski definition) is 0. The lowest BCUT2D eigenvalue weighted by molar-refractivity contribution is 0.476. The van der Waals surface area contributed by atoms with Crippen molar-refractivity contribution in [3.8, 4) is 50.6 Å². The van der Waals surface area contributed by atoms with Gasteiger partial charge in [0.1, 0.15) is 0 Å². The SMILES string of the molecule is c1ccc(C2(c3ccccc3)c3ccccc3-c3c(N(c4ccc(-c5cccc6ccccc56)cc4)c4ccc(-c5cccc6c7cccc8c7n(c56)-c5ccccc5O8)cc4)cccc32)cc1. The summed E-state index contributed by atoms with van der Waals surface area (Å²) in [5, 5.41) is 4.87. The molecule has 14 rings (SSSR count). The van der Waals surface area contributed by atoms with Crippen molar-refractivity contribution in [3.63, 3.8) is 0 Å². The van der Waals surface area contributed by atoms with Crippen molar-refractivity contribution in [2.45, 2.75) is 5.41 Å². The molecule has 1 aliphatic carbocycles. The monoisotopic (exact) mass is 866 g/mol. The summed E-state index contributed by atoms with van der Waals surface area (Å²) in [5.74, 6) is 1.74. The number of ether oxygens (including phenoxy) is 1. The van der Waals surface area contributed by atoms with Crippen molar-refractivity contribution < 1.29 is 4.74 Å². The number of hydrogen-bond acceptors (Lipinski definition) is 2. The zero-order valence-electron chi connectivity index (χ0n) is 37.1. The highest BCUT2D eigenvalue weighted by atomic mass is 16.5. The average Bonchev–Trinajstić information content (AvgIpc) is 3.92. The summed E-state index contributed by atoms with van der Waals surface area (Å²) >= 11 is 0. The molecule has 0 saturated carbocycles. The minimum absolute atomic E-state index is 0.526.